The van der Waals surface area contributed by atoms with Crippen molar-refractivity contribution in [1.82, 2.24) is 9.80 Å². The average molecular weight is 559 g/mol. The number of hydrogen-bond acceptors (Lipinski definition) is 4. The third-order valence-corrected chi connectivity index (χ3v) is 8.31. The molecule has 2 saturated heterocycles. The number of amides is 1. The van der Waals surface area contributed by atoms with Gasteiger partial charge in [0.2, 0.25) is 5.91 Å². The van der Waals surface area contributed by atoms with Gasteiger partial charge in [-0.2, -0.15) is 0 Å². The number of benzene rings is 2. The third-order valence-electron chi connectivity index (χ3n) is 7.71. The maximum absolute atomic E-state index is 13.4. The number of nitrogens with zero attached hydrogens (tertiary/aromatic N) is 2. The number of rotatable bonds is 8. The first-order valence-corrected chi connectivity index (χ1v) is 13.8. The van der Waals surface area contributed by atoms with Crippen LogP contribution in [0.1, 0.15) is 36.8 Å². The lowest BCUT2D eigenvalue weighted by Crippen LogP contribution is -2.45. The van der Waals surface area contributed by atoms with E-state index in [4.69, 9.17) is 0 Å². The fourth-order valence-electron chi connectivity index (χ4n) is 5.43. The van der Waals surface area contributed by atoms with Crippen LogP contribution in [0.15, 0.2) is 53.0 Å². The molecule has 2 heterocycles. The quantitative estimate of drug-likeness (QED) is 0.438. The summed E-state index contributed by atoms with van der Waals surface area (Å²) >= 11 is 3.17. The molecule has 2 aliphatic heterocycles. The van der Waals surface area contributed by atoms with Crippen molar-refractivity contribution in [3.63, 3.8) is 0 Å². The van der Waals surface area contributed by atoms with Gasteiger partial charge >= 0.3 is 0 Å². The highest BCUT2D eigenvalue weighted by atomic mass is 79.9. The maximum Gasteiger partial charge on any atom is 0.246 e. The molecular weight excluding hydrogens is 521 g/mol. The fourth-order valence-corrected chi connectivity index (χ4v) is 5.83. The van der Waals surface area contributed by atoms with Gasteiger partial charge in [-0.1, -0.05) is 24.3 Å². The highest BCUT2D eigenvalue weighted by Gasteiger charge is 2.29. The Morgan fingerprint density at radius 1 is 1.14 bits per heavy atom. The first-order valence-electron chi connectivity index (χ1n) is 13.0. The second kappa shape index (κ2) is 12.8. The molecule has 0 bridgehead atoms. The van der Waals surface area contributed by atoms with Crippen LogP contribution < -0.4 is 5.32 Å². The van der Waals surface area contributed by atoms with Crippen molar-refractivity contribution in [2.75, 3.05) is 45.1 Å². The molecule has 4 rings (SSSR count). The number of hydrogen-bond donors (Lipinski definition) is 2. The molecule has 1 unspecified atom stereocenters. The lowest BCUT2D eigenvalue weighted by atomic mass is 9.88. The molecule has 1 amide bonds. The number of aliphatic hydroxyl groups is 1. The molecule has 0 spiro atoms. The number of aliphatic hydroxyl groups excluding tert-OH is 1. The van der Waals surface area contributed by atoms with E-state index in [2.05, 4.69) is 50.4 Å². The molecule has 2 aromatic rings. The molecular formula is C29H37BrFN3O2. The van der Waals surface area contributed by atoms with Crippen molar-refractivity contribution in [3.05, 3.63) is 70.0 Å². The summed E-state index contributed by atoms with van der Waals surface area (Å²) in [5.41, 5.74) is 3.39. The van der Waals surface area contributed by atoms with Gasteiger partial charge in [-0.25, -0.2) is 4.39 Å². The third kappa shape index (κ3) is 7.17. The van der Waals surface area contributed by atoms with Crippen LogP contribution in [0.4, 0.5) is 10.1 Å². The number of carbonyl (C=O) groups is 1. The molecule has 0 aromatic heterocycles. The summed E-state index contributed by atoms with van der Waals surface area (Å²) in [6.07, 6.45) is 7.98. The minimum atomic E-state index is -0.351. The number of nitrogens with one attached hydrogen (secondary N) is 1. The summed E-state index contributed by atoms with van der Waals surface area (Å²) in [5, 5.41) is 14.2. The number of para-hydroxylation sites is 1. The zero-order chi connectivity index (χ0) is 25.5. The lowest BCUT2D eigenvalue weighted by Gasteiger charge is -2.38. The van der Waals surface area contributed by atoms with Crippen molar-refractivity contribution in [2.45, 2.75) is 38.2 Å². The minimum Gasteiger partial charge on any atom is -0.392 e. The van der Waals surface area contributed by atoms with Gasteiger partial charge in [0, 0.05) is 38.4 Å². The summed E-state index contributed by atoms with van der Waals surface area (Å²) < 4.78 is 13.8. The second-order valence-electron chi connectivity index (χ2n) is 10.1. The Labute approximate surface area is 222 Å². The predicted octanol–water partition coefficient (Wildman–Crippen LogP) is 5.20. The normalized spacial score (nSPS) is 19.1. The molecule has 2 fully saturated rings. The van der Waals surface area contributed by atoms with Gasteiger partial charge in [-0.3, -0.25) is 4.79 Å². The van der Waals surface area contributed by atoms with Crippen LogP contribution in [0.25, 0.3) is 6.08 Å². The Bertz CT molecular complexity index is 1050. The van der Waals surface area contributed by atoms with Gasteiger partial charge in [0.25, 0.3) is 0 Å². The molecule has 2 aromatic carbocycles. The Morgan fingerprint density at radius 3 is 2.56 bits per heavy atom. The molecule has 0 saturated carbocycles. The van der Waals surface area contributed by atoms with Crippen LogP contribution in [0.5, 0.6) is 0 Å². The zero-order valence-corrected chi connectivity index (χ0v) is 22.6. The van der Waals surface area contributed by atoms with E-state index in [1.165, 1.54) is 17.3 Å². The molecule has 0 aliphatic carbocycles. The Morgan fingerprint density at radius 2 is 1.86 bits per heavy atom. The van der Waals surface area contributed by atoms with E-state index < -0.39 is 0 Å². The smallest absolute Gasteiger partial charge is 0.246 e. The summed E-state index contributed by atoms with van der Waals surface area (Å²) in [6, 6.07) is 13.2. The van der Waals surface area contributed by atoms with Crippen LogP contribution in [0, 0.1) is 17.7 Å². The van der Waals surface area contributed by atoms with Crippen LogP contribution in [0.3, 0.4) is 0 Å². The lowest BCUT2D eigenvalue weighted by molar-refractivity contribution is -0.128. The zero-order valence-electron chi connectivity index (χ0n) is 21.0. The molecule has 1 atom stereocenters. The van der Waals surface area contributed by atoms with Crippen LogP contribution >= 0.6 is 15.9 Å². The molecule has 0 radical (unpaired) electrons. The van der Waals surface area contributed by atoms with E-state index in [-0.39, 0.29) is 23.7 Å². The van der Waals surface area contributed by atoms with Crippen molar-refractivity contribution in [2.24, 2.45) is 11.8 Å². The number of likely N-dealkylation sites (tertiary alicyclic amines) is 2. The van der Waals surface area contributed by atoms with Crippen LogP contribution in [-0.4, -0.2) is 66.7 Å². The van der Waals surface area contributed by atoms with E-state index >= 15 is 0 Å². The van der Waals surface area contributed by atoms with E-state index in [0.29, 0.717) is 23.5 Å². The summed E-state index contributed by atoms with van der Waals surface area (Å²) in [4.78, 5) is 16.8. The Balaban J connectivity index is 1.18. The summed E-state index contributed by atoms with van der Waals surface area (Å²) in [7, 11) is 1.98. The molecule has 5 nitrogen and oxygen atoms in total. The van der Waals surface area contributed by atoms with Gasteiger partial charge in [-0.15, -0.1) is 0 Å². The van der Waals surface area contributed by atoms with Crippen molar-refractivity contribution >= 4 is 33.6 Å². The minimum absolute atomic E-state index is 0.0368. The van der Waals surface area contributed by atoms with E-state index in [0.717, 1.165) is 57.3 Å². The molecule has 2 aliphatic rings. The maximum atomic E-state index is 13.4. The molecule has 36 heavy (non-hydrogen) atoms. The van der Waals surface area contributed by atoms with Gasteiger partial charge in [0.05, 0.1) is 10.6 Å². The van der Waals surface area contributed by atoms with Crippen LogP contribution in [-0.2, 0) is 11.2 Å². The first-order chi connectivity index (χ1) is 17.4. The highest BCUT2D eigenvalue weighted by Crippen LogP contribution is 2.27. The van der Waals surface area contributed by atoms with E-state index in [1.54, 1.807) is 24.3 Å². The SMILES string of the molecule is CNc1ccccc1CC1CCN(CC(O)C2CCN(C(=O)/C=C/c3ccc(F)c(Br)c3)CC2)CC1. The van der Waals surface area contributed by atoms with Gasteiger partial charge in [-0.05, 0) is 108 Å². The largest absolute Gasteiger partial charge is 0.392 e. The topological polar surface area (TPSA) is 55.8 Å². The summed E-state index contributed by atoms with van der Waals surface area (Å²) in [5.74, 6) is 0.557. The standard InChI is InChI=1S/C29H37BrFN3O2/c1-32-27-5-3-2-4-24(27)18-22-10-14-33(15-11-22)20-28(35)23-12-16-34(17-13-23)29(36)9-7-21-6-8-26(31)25(30)19-21/h2-9,19,22-23,28,32,35H,10-18,20H2,1H3/b9-7+. The van der Waals surface area contributed by atoms with Gasteiger partial charge < -0.3 is 20.2 Å². The monoisotopic (exact) mass is 557 g/mol. The Kier molecular flexibility index (Phi) is 9.57. The number of β-amino-alcohol motifs (C(OH)–C–C–N with tert-alkyl or cyclic N) is 1. The highest BCUT2D eigenvalue weighted by molar-refractivity contribution is 9.10. The van der Waals surface area contributed by atoms with E-state index in [1.807, 2.05) is 11.9 Å². The van der Waals surface area contributed by atoms with Crippen molar-refractivity contribution in [3.8, 4) is 0 Å². The van der Waals surface area contributed by atoms with Crippen molar-refractivity contribution in [1.29, 1.82) is 0 Å². The predicted molar refractivity (Wildman–Crippen MR) is 147 cm³/mol. The summed E-state index contributed by atoms with van der Waals surface area (Å²) in [6.45, 7) is 4.10. The molecule has 2 N–H and O–H groups in total. The number of carbonyl (C=O) groups excluding carboxylic acids is 1. The molecule has 194 valence electrons. The van der Waals surface area contributed by atoms with E-state index in [9.17, 15) is 14.3 Å². The number of halogens is 2. The van der Waals surface area contributed by atoms with Crippen LogP contribution in [0.2, 0.25) is 0 Å². The Hall–Kier alpha value is -2.22. The number of piperidine rings is 2. The second-order valence-corrected chi connectivity index (χ2v) is 10.9. The molecule has 7 heteroatoms. The fraction of sp³-hybridized carbons (Fsp3) is 0.483. The average Bonchev–Trinajstić information content (AvgIpc) is 2.90. The van der Waals surface area contributed by atoms with Crippen molar-refractivity contribution < 1.29 is 14.3 Å². The van der Waals surface area contributed by atoms with Gasteiger partial charge in [0.15, 0.2) is 0 Å². The van der Waals surface area contributed by atoms with Gasteiger partial charge in [0.1, 0.15) is 5.82 Å². The number of anilines is 1. The first kappa shape index (κ1) is 26.8.